The molecule has 3 nitrogen and oxygen atoms in total. The van der Waals surface area contributed by atoms with E-state index in [0.717, 1.165) is 5.56 Å². The molecule has 76 valence electrons. The van der Waals surface area contributed by atoms with Gasteiger partial charge >= 0.3 is 5.97 Å². The van der Waals surface area contributed by atoms with Gasteiger partial charge in [-0.3, -0.25) is 0 Å². The van der Waals surface area contributed by atoms with Crippen LogP contribution in [0, 0.1) is 6.92 Å². The van der Waals surface area contributed by atoms with E-state index in [1.54, 1.807) is 13.2 Å². The molecule has 1 aromatic carbocycles. The SMILES string of the molecule is COC(=O)c1c(C)ccc(OC)c1Br. The third kappa shape index (κ3) is 1.90. The highest BCUT2D eigenvalue weighted by molar-refractivity contribution is 9.10. The molecule has 1 aromatic rings. The minimum atomic E-state index is -0.367. The van der Waals surface area contributed by atoms with Crippen LogP contribution in [0.15, 0.2) is 16.6 Å². The number of hydrogen-bond donors (Lipinski definition) is 0. The van der Waals surface area contributed by atoms with E-state index in [-0.39, 0.29) is 5.97 Å². The Hall–Kier alpha value is -1.03. The highest BCUT2D eigenvalue weighted by Gasteiger charge is 2.16. The lowest BCUT2D eigenvalue weighted by Crippen LogP contribution is -2.05. The normalized spacial score (nSPS) is 9.71. The number of benzene rings is 1. The standard InChI is InChI=1S/C10H11BrO3/c1-6-4-5-7(13-2)9(11)8(6)10(12)14-3/h4-5H,1-3H3. The molecular formula is C10H11BrO3. The Morgan fingerprint density at radius 1 is 1.36 bits per heavy atom. The molecular weight excluding hydrogens is 248 g/mol. The molecule has 0 heterocycles. The second-order valence-electron chi connectivity index (χ2n) is 2.77. The zero-order valence-corrected chi connectivity index (χ0v) is 9.84. The van der Waals surface area contributed by atoms with Crippen LogP contribution in [0.1, 0.15) is 15.9 Å². The number of halogens is 1. The monoisotopic (exact) mass is 258 g/mol. The number of rotatable bonds is 2. The van der Waals surface area contributed by atoms with Gasteiger partial charge in [0.1, 0.15) is 5.75 Å². The fourth-order valence-corrected chi connectivity index (χ4v) is 1.93. The van der Waals surface area contributed by atoms with Crippen molar-refractivity contribution in [3.8, 4) is 5.75 Å². The van der Waals surface area contributed by atoms with Gasteiger partial charge in [0.25, 0.3) is 0 Å². The van der Waals surface area contributed by atoms with Crippen LogP contribution in [0.3, 0.4) is 0 Å². The number of esters is 1. The van der Waals surface area contributed by atoms with Crippen molar-refractivity contribution < 1.29 is 14.3 Å². The highest BCUT2D eigenvalue weighted by atomic mass is 79.9. The topological polar surface area (TPSA) is 35.5 Å². The molecule has 1 rings (SSSR count). The molecule has 0 fully saturated rings. The van der Waals surface area contributed by atoms with E-state index in [4.69, 9.17) is 4.74 Å². The summed E-state index contributed by atoms with van der Waals surface area (Å²) in [4.78, 5) is 11.4. The van der Waals surface area contributed by atoms with Crippen molar-refractivity contribution in [2.75, 3.05) is 14.2 Å². The lowest BCUT2D eigenvalue weighted by molar-refractivity contribution is 0.0598. The third-order valence-electron chi connectivity index (χ3n) is 1.92. The predicted molar refractivity (Wildman–Crippen MR) is 56.8 cm³/mol. The average Bonchev–Trinajstić information content (AvgIpc) is 2.18. The first-order chi connectivity index (χ1) is 6.61. The Morgan fingerprint density at radius 2 is 2.00 bits per heavy atom. The highest BCUT2D eigenvalue weighted by Crippen LogP contribution is 2.31. The summed E-state index contributed by atoms with van der Waals surface area (Å²) in [5, 5.41) is 0. The first kappa shape index (κ1) is 11.0. The molecule has 0 aromatic heterocycles. The van der Waals surface area contributed by atoms with Crippen molar-refractivity contribution in [1.82, 2.24) is 0 Å². The fourth-order valence-electron chi connectivity index (χ4n) is 1.16. The summed E-state index contributed by atoms with van der Waals surface area (Å²) >= 11 is 3.31. The van der Waals surface area contributed by atoms with E-state index in [9.17, 15) is 4.79 Å². The Balaban J connectivity index is 3.32. The first-order valence-electron chi connectivity index (χ1n) is 4.03. The Bertz CT molecular complexity index is 361. The Labute approximate surface area is 91.1 Å². The molecule has 0 aliphatic heterocycles. The summed E-state index contributed by atoms with van der Waals surface area (Å²) in [6.07, 6.45) is 0. The smallest absolute Gasteiger partial charge is 0.339 e. The van der Waals surface area contributed by atoms with Crippen molar-refractivity contribution in [3.05, 3.63) is 27.7 Å². The fraction of sp³-hybridized carbons (Fsp3) is 0.300. The lowest BCUT2D eigenvalue weighted by Gasteiger charge is -2.09. The molecule has 14 heavy (non-hydrogen) atoms. The van der Waals surface area contributed by atoms with Crippen molar-refractivity contribution in [1.29, 1.82) is 0 Å². The van der Waals surface area contributed by atoms with Crippen LogP contribution in [-0.4, -0.2) is 20.2 Å². The van der Waals surface area contributed by atoms with Crippen LogP contribution >= 0.6 is 15.9 Å². The number of methoxy groups -OCH3 is 2. The number of carbonyl (C=O) groups excluding carboxylic acids is 1. The van der Waals surface area contributed by atoms with Gasteiger partial charge in [-0.05, 0) is 34.5 Å². The molecule has 0 saturated heterocycles. The van der Waals surface area contributed by atoms with Crippen LogP contribution in [-0.2, 0) is 4.74 Å². The molecule has 0 atom stereocenters. The second kappa shape index (κ2) is 4.46. The number of carbonyl (C=O) groups is 1. The van der Waals surface area contributed by atoms with Crippen LogP contribution in [0.4, 0.5) is 0 Å². The maximum Gasteiger partial charge on any atom is 0.339 e. The van der Waals surface area contributed by atoms with Gasteiger partial charge in [-0.15, -0.1) is 0 Å². The van der Waals surface area contributed by atoms with Gasteiger partial charge in [0.15, 0.2) is 0 Å². The van der Waals surface area contributed by atoms with Crippen molar-refractivity contribution in [3.63, 3.8) is 0 Å². The Kier molecular flexibility index (Phi) is 3.52. The second-order valence-corrected chi connectivity index (χ2v) is 3.56. The van der Waals surface area contributed by atoms with Crippen LogP contribution < -0.4 is 4.74 Å². The molecule has 0 amide bonds. The van der Waals surface area contributed by atoms with Crippen LogP contribution in [0.2, 0.25) is 0 Å². The molecule has 0 saturated carbocycles. The van der Waals surface area contributed by atoms with E-state index >= 15 is 0 Å². The van der Waals surface area contributed by atoms with Gasteiger partial charge in [0.2, 0.25) is 0 Å². The van der Waals surface area contributed by atoms with E-state index in [1.165, 1.54) is 7.11 Å². The minimum absolute atomic E-state index is 0.367. The molecule has 0 bridgehead atoms. The first-order valence-corrected chi connectivity index (χ1v) is 4.82. The van der Waals surface area contributed by atoms with Crippen molar-refractivity contribution >= 4 is 21.9 Å². The number of ether oxygens (including phenoxy) is 2. The van der Waals surface area contributed by atoms with Crippen molar-refractivity contribution in [2.45, 2.75) is 6.92 Å². The molecule has 0 radical (unpaired) electrons. The summed E-state index contributed by atoms with van der Waals surface area (Å²) in [6, 6.07) is 3.61. The summed E-state index contributed by atoms with van der Waals surface area (Å²) < 4.78 is 10.4. The van der Waals surface area contributed by atoms with Gasteiger partial charge in [-0.2, -0.15) is 0 Å². The minimum Gasteiger partial charge on any atom is -0.496 e. The van der Waals surface area contributed by atoms with Gasteiger partial charge in [0.05, 0.1) is 24.3 Å². The molecule has 0 aliphatic rings. The number of hydrogen-bond acceptors (Lipinski definition) is 3. The maximum atomic E-state index is 11.4. The molecule has 0 unspecified atom stereocenters. The van der Waals surface area contributed by atoms with Crippen molar-refractivity contribution in [2.24, 2.45) is 0 Å². The zero-order valence-electron chi connectivity index (χ0n) is 8.26. The average molecular weight is 259 g/mol. The zero-order chi connectivity index (χ0) is 10.7. The summed E-state index contributed by atoms with van der Waals surface area (Å²) in [6.45, 7) is 1.84. The molecule has 0 spiro atoms. The lowest BCUT2D eigenvalue weighted by atomic mass is 10.1. The molecule has 0 aliphatic carbocycles. The number of aryl methyl sites for hydroxylation is 1. The van der Waals surface area contributed by atoms with E-state index < -0.39 is 0 Å². The van der Waals surface area contributed by atoms with Gasteiger partial charge in [-0.1, -0.05) is 6.07 Å². The van der Waals surface area contributed by atoms with E-state index in [1.807, 2.05) is 13.0 Å². The maximum absolute atomic E-state index is 11.4. The quantitative estimate of drug-likeness (QED) is 0.765. The largest absolute Gasteiger partial charge is 0.496 e. The molecule has 4 heteroatoms. The summed E-state index contributed by atoms with van der Waals surface area (Å²) in [5.41, 5.74) is 1.36. The molecule has 0 N–H and O–H groups in total. The van der Waals surface area contributed by atoms with Gasteiger partial charge in [-0.25, -0.2) is 4.79 Å². The Morgan fingerprint density at radius 3 is 2.50 bits per heavy atom. The summed E-state index contributed by atoms with van der Waals surface area (Å²) in [5.74, 6) is 0.254. The van der Waals surface area contributed by atoms with E-state index in [2.05, 4.69) is 20.7 Å². The van der Waals surface area contributed by atoms with Gasteiger partial charge in [0, 0.05) is 0 Å². The van der Waals surface area contributed by atoms with Crippen LogP contribution in [0.5, 0.6) is 5.75 Å². The third-order valence-corrected chi connectivity index (χ3v) is 2.71. The summed E-state index contributed by atoms with van der Waals surface area (Å²) in [7, 11) is 2.91. The van der Waals surface area contributed by atoms with E-state index in [0.29, 0.717) is 15.8 Å². The van der Waals surface area contributed by atoms with Gasteiger partial charge < -0.3 is 9.47 Å². The van der Waals surface area contributed by atoms with Crippen LogP contribution in [0.25, 0.3) is 0 Å². The predicted octanol–water partition coefficient (Wildman–Crippen LogP) is 2.55.